The van der Waals surface area contributed by atoms with E-state index >= 15 is 0 Å². The van der Waals surface area contributed by atoms with Crippen molar-refractivity contribution >= 4 is 34.2 Å². The van der Waals surface area contributed by atoms with Crippen LogP contribution in [0, 0.1) is 0 Å². The number of aromatic nitrogens is 1. The van der Waals surface area contributed by atoms with Crippen molar-refractivity contribution in [2.75, 3.05) is 31.4 Å². The highest BCUT2D eigenvalue weighted by Crippen LogP contribution is 2.27. The van der Waals surface area contributed by atoms with Crippen LogP contribution < -0.4 is 4.90 Å². The Morgan fingerprint density at radius 1 is 1.61 bits per heavy atom. The van der Waals surface area contributed by atoms with Crippen LogP contribution in [0.2, 0.25) is 0 Å². The fourth-order valence-corrected chi connectivity index (χ4v) is 3.59. The lowest BCUT2D eigenvalue weighted by Crippen LogP contribution is -2.34. The first-order valence-corrected chi connectivity index (χ1v) is 8.18. The van der Waals surface area contributed by atoms with E-state index in [1.807, 2.05) is 17.1 Å². The lowest BCUT2D eigenvalue weighted by atomic mass is 10.1. The molecule has 0 aromatic carbocycles. The highest BCUT2D eigenvalue weighted by atomic mass is 32.2. The molecule has 0 radical (unpaired) electrons. The minimum absolute atomic E-state index is 0.229. The molecule has 1 fully saturated rings. The van der Waals surface area contributed by atoms with Crippen molar-refractivity contribution in [3.63, 3.8) is 0 Å². The number of carbonyl (C=O) groups is 1. The Hall–Kier alpha value is -0.750. The van der Waals surface area contributed by atoms with Crippen molar-refractivity contribution < 1.29 is 9.53 Å². The third-order valence-corrected chi connectivity index (χ3v) is 5.23. The molecule has 2 rings (SSSR count). The molecule has 1 aliphatic rings. The van der Waals surface area contributed by atoms with Crippen LogP contribution in [0.25, 0.3) is 0 Å². The summed E-state index contributed by atoms with van der Waals surface area (Å²) in [4.78, 5) is 18.0. The summed E-state index contributed by atoms with van der Waals surface area (Å²) >= 11 is 3.57. The van der Waals surface area contributed by atoms with E-state index in [1.54, 1.807) is 11.3 Å². The van der Waals surface area contributed by atoms with Gasteiger partial charge in [0.2, 0.25) is 0 Å². The summed E-state index contributed by atoms with van der Waals surface area (Å²) in [5.74, 6) is -0.229. The molecular weight excluding hydrogens is 268 g/mol. The van der Waals surface area contributed by atoms with Crippen molar-refractivity contribution in [3.8, 4) is 0 Å². The molecule has 0 aliphatic carbocycles. The van der Waals surface area contributed by atoms with Crippen LogP contribution in [0.15, 0.2) is 5.38 Å². The Bertz CT molecular complexity index is 401. The predicted octanol–water partition coefficient (Wildman–Crippen LogP) is 2.19. The van der Waals surface area contributed by atoms with Crippen LogP contribution in [0.1, 0.15) is 18.5 Å². The molecule has 1 aliphatic heterocycles. The minimum atomic E-state index is -0.229. The molecular formula is C12H18N2O2S2. The Morgan fingerprint density at radius 3 is 2.94 bits per heavy atom. The number of nitrogens with zero attached hydrogens (tertiary/aromatic N) is 2. The molecule has 2 heterocycles. The van der Waals surface area contributed by atoms with Crippen LogP contribution >= 0.6 is 23.1 Å². The van der Waals surface area contributed by atoms with Crippen molar-refractivity contribution in [2.45, 2.75) is 24.5 Å². The smallest absolute Gasteiger partial charge is 0.311 e. The van der Waals surface area contributed by atoms with Gasteiger partial charge < -0.3 is 9.64 Å². The molecule has 4 nitrogen and oxygen atoms in total. The number of thioether (sulfide) groups is 1. The lowest BCUT2D eigenvalue weighted by molar-refractivity contribution is -0.139. The van der Waals surface area contributed by atoms with Gasteiger partial charge in [-0.15, -0.1) is 11.3 Å². The second-order valence-corrected chi connectivity index (χ2v) is 6.27. The van der Waals surface area contributed by atoms with Gasteiger partial charge in [-0.05, 0) is 19.1 Å². The molecule has 1 saturated heterocycles. The second kappa shape index (κ2) is 6.43. The number of anilines is 1. The first kappa shape index (κ1) is 13.7. The van der Waals surface area contributed by atoms with Gasteiger partial charge in [0.05, 0.1) is 19.2 Å². The number of piperidine rings is 1. The Balaban J connectivity index is 1.92. The minimum Gasteiger partial charge on any atom is -0.469 e. The SMILES string of the molecule is COC(=O)Cc1csc(N2CCC(SC)CC2)n1. The third kappa shape index (κ3) is 3.38. The van der Waals surface area contributed by atoms with E-state index in [9.17, 15) is 4.79 Å². The molecule has 0 spiro atoms. The Kier molecular flexibility index (Phi) is 4.88. The number of rotatable bonds is 4. The van der Waals surface area contributed by atoms with Gasteiger partial charge in [-0.1, -0.05) is 0 Å². The van der Waals surface area contributed by atoms with E-state index in [2.05, 4.69) is 20.9 Å². The van der Waals surface area contributed by atoms with Gasteiger partial charge in [0, 0.05) is 23.7 Å². The Morgan fingerprint density at radius 2 is 2.33 bits per heavy atom. The number of carbonyl (C=O) groups excluding carboxylic acids is 1. The quantitative estimate of drug-likeness (QED) is 0.794. The molecule has 0 unspecified atom stereocenters. The van der Waals surface area contributed by atoms with E-state index in [0.29, 0.717) is 0 Å². The first-order valence-electron chi connectivity index (χ1n) is 6.02. The number of ether oxygens (including phenoxy) is 1. The highest BCUT2D eigenvalue weighted by Gasteiger charge is 2.20. The summed E-state index contributed by atoms with van der Waals surface area (Å²) in [6.45, 7) is 2.13. The van der Waals surface area contributed by atoms with Crippen LogP contribution in [0.3, 0.4) is 0 Å². The maximum atomic E-state index is 11.2. The Labute approximate surface area is 116 Å². The molecule has 0 saturated carbocycles. The largest absolute Gasteiger partial charge is 0.469 e. The number of esters is 1. The van der Waals surface area contributed by atoms with Gasteiger partial charge in [0.15, 0.2) is 5.13 Å². The summed E-state index contributed by atoms with van der Waals surface area (Å²) in [7, 11) is 1.41. The molecule has 0 atom stereocenters. The van der Waals surface area contributed by atoms with Gasteiger partial charge in [0.25, 0.3) is 0 Å². The van der Waals surface area contributed by atoms with Gasteiger partial charge in [0.1, 0.15) is 0 Å². The maximum absolute atomic E-state index is 11.2. The van der Waals surface area contributed by atoms with E-state index < -0.39 is 0 Å². The zero-order valence-electron chi connectivity index (χ0n) is 10.7. The number of hydrogen-bond donors (Lipinski definition) is 0. The van der Waals surface area contributed by atoms with Crippen LogP contribution in [-0.2, 0) is 16.0 Å². The topological polar surface area (TPSA) is 42.4 Å². The maximum Gasteiger partial charge on any atom is 0.311 e. The lowest BCUT2D eigenvalue weighted by Gasteiger charge is -2.30. The van der Waals surface area contributed by atoms with Crippen LogP contribution in [-0.4, -0.2) is 42.7 Å². The standard InChI is InChI=1S/C12H18N2O2S2/c1-16-11(15)7-9-8-18-12(13-9)14-5-3-10(17-2)4-6-14/h8,10H,3-7H2,1-2H3. The van der Waals surface area contributed by atoms with Crippen LogP contribution in [0.5, 0.6) is 0 Å². The molecule has 18 heavy (non-hydrogen) atoms. The van der Waals surface area contributed by atoms with Crippen LogP contribution in [0.4, 0.5) is 5.13 Å². The van der Waals surface area contributed by atoms with Gasteiger partial charge in [-0.25, -0.2) is 4.98 Å². The van der Waals surface area contributed by atoms with Crippen molar-refractivity contribution in [2.24, 2.45) is 0 Å². The molecule has 100 valence electrons. The summed E-state index contributed by atoms with van der Waals surface area (Å²) in [6, 6.07) is 0. The first-order chi connectivity index (χ1) is 8.72. The average Bonchev–Trinajstić information content (AvgIpc) is 2.87. The van der Waals surface area contributed by atoms with E-state index in [-0.39, 0.29) is 12.4 Å². The molecule has 1 aromatic rings. The zero-order valence-corrected chi connectivity index (χ0v) is 12.4. The van der Waals surface area contributed by atoms with Gasteiger partial charge in [-0.2, -0.15) is 11.8 Å². The van der Waals surface area contributed by atoms with Crippen molar-refractivity contribution in [1.29, 1.82) is 0 Å². The molecule has 0 N–H and O–H groups in total. The molecule has 0 bridgehead atoms. The number of hydrogen-bond acceptors (Lipinski definition) is 6. The fourth-order valence-electron chi connectivity index (χ4n) is 2.03. The fraction of sp³-hybridized carbons (Fsp3) is 0.667. The number of methoxy groups -OCH3 is 1. The molecule has 6 heteroatoms. The zero-order chi connectivity index (χ0) is 13.0. The van der Waals surface area contributed by atoms with Crippen molar-refractivity contribution in [1.82, 2.24) is 4.98 Å². The predicted molar refractivity (Wildman–Crippen MR) is 76.6 cm³/mol. The summed E-state index contributed by atoms with van der Waals surface area (Å²) in [5.41, 5.74) is 0.814. The third-order valence-electron chi connectivity index (χ3n) is 3.14. The average molecular weight is 286 g/mol. The summed E-state index contributed by atoms with van der Waals surface area (Å²) in [5, 5.41) is 3.77. The highest BCUT2D eigenvalue weighted by molar-refractivity contribution is 7.99. The van der Waals surface area contributed by atoms with E-state index in [4.69, 9.17) is 0 Å². The summed E-state index contributed by atoms with van der Waals surface area (Å²) in [6.07, 6.45) is 4.88. The van der Waals surface area contributed by atoms with Gasteiger partial charge >= 0.3 is 5.97 Å². The van der Waals surface area contributed by atoms with Crippen molar-refractivity contribution in [3.05, 3.63) is 11.1 Å². The number of thiazole rings is 1. The van der Waals surface area contributed by atoms with Gasteiger partial charge in [-0.3, -0.25) is 4.79 Å². The summed E-state index contributed by atoms with van der Waals surface area (Å²) < 4.78 is 4.65. The van der Waals surface area contributed by atoms with E-state index in [1.165, 1.54) is 20.0 Å². The monoisotopic (exact) mass is 286 g/mol. The van der Waals surface area contributed by atoms with E-state index in [0.717, 1.165) is 29.2 Å². The molecule has 1 aromatic heterocycles. The normalized spacial score (nSPS) is 16.9. The second-order valence-electron chi connectivity index (χ2n) is 4.30. The molecule has 0 amide bonds.